The molecule has 1 aromatic carbocycles. The third kappa shape index (κ3) is 6.08. The predicted molar refractivity (Wildman–Crippen MR) is 133 cm³/mol. The van der Waals surface area contributed by atoms with Gasteiger partial charge in [-0.15, -0.1) is 0 Å². The molecule has 0 saturated carbocycles. The number of amides is 2. The topological polar surface area (TPSA) is 71.7 Å². The van der Waals surface area contributed by atoms with Crippen LogP contribution < -0.4 is 5.32 Å². The maximum Gasteiger partial charge on any atom is 0.270 e. The number of nitrogens with zero attached hydrogens (tertiary/aromatic N) is 3. The number of carbonyl (C=O) groups is 2. The largest absolute Gasteiger partial charge is 0.356 e. The van der Waals surface area contributed by atoms with Crippen molar-refractivity contribution in [2.75, 3.05) is 59.4 Å². The molecule has 2 amide bonds. The number of fused-ring (bicyclic) bond motifs is 1. The fourth-order valence-corrected chi connectivity index (χ4v) is 5.13. The van der Waals surface area contributed by atoms with E-state index in [1.54, 1.807) is 0 Å². The number of hydrogen-bond acceptors (Lipinski definition) is 4. The first-order valence-electron chi connectivity index (χ1n) is 12.2. The Kier molecular flexibility index (Phi) is 7.94. The van der Waals surface area contributed by atoms with Crippen LogP contribution in [0.4, 0.5) is 0 Å². The van der Waals surface area contributed by atoms with E-state index in [1.807, 2.05) is 36.1 Å². The smallest absolute Gasteiger partial charge is 0.270 e. The minimum Gasteiger partial charge on any atom is -0.356 e. The van der Waals surface area contributed by atoms with Crippen molar-refractivity contribution in [2.45, 2.75) is 26.2 Å². The number of piperidine rings is 1. The summed E-state index contributed by atoms with van der Waals surface area (Å²) in [5.41, 5.74) is 1.51. The average Bonchev–Trinajstić information content (AvgIpc) is 3.25. The Morgan fingerprint density at radius 2 is 1.85 bits per heavy atom. The number of likely N-dealkylation sites (N-methyl/N-ethyl adjacent to an activating group) is 1. The Balaban J connectivity index is 1.19. The number of hydrogen-bond donors (Lipinski definition) is 2. The lowest BCUT2D eigenvalue weighted by Crippen LogP contribution is -2.45. The van der Waals surface area contributed by atoms with Crippen LogP contribution in [0.3, 0.4) is 0 Å². The van der Waals surface area contributed by atoms with Crippen molar-refractivity contribution < 1.29 is 9.59 Å². The highest BCUT2D eigenvalue weighted by molar-refractivity contribution is 6.31. The number of rotatable bonds is 7. The molecule has 2 aliphatic rings. The number of H-pyrrole nitrogens is 1. The molecule has 3 heterocycles. The van der Waals surface area contributed by atoms with Crippen molar-refractivity contribution in [3.8, 4) is 0 Å². The van der Waals surface area contributed by atoms with E-state index in [4.69, 9.17) is 11.6 Å². The van der Waals surface area contributed by atoms with Crippen LogP contribution in [0.2, 0.25) is 5.02 Å². The third-order valence-electron chi connectivity index (χ3n) is 7.31. The van der Waals surface area contributed by atoms with Crippen LogP contribution in [0.25, 0.3) is 10.9 Å². The number of piperazine rings is 1. The van der Waals surface area contributed by atoms with Crippen LogP contribution in [0, 0.1) is 11.8 Å². The van der Waals surface area contributed by atoms with E-state index >= 15 is 0 Å². The van der Waals surface area contributed by atoms with Gasteiger partial charge in [-0.3, -0.25) is 9.59 Å². The highest BCUT2D eigenvalue weighted by Gasteiger charge is 2.30. The van der Waals surface area contributed by atoms with Crippen molar-refractivity contribution in [3.63, 3.8) is 0 Å². The molecule has 7 nitrogen and oxygen atoms in total. The van der Waals surface area contributed by atoms with Gasteiger partial charge in [0.05, 0.1) is 0 Å². The lowest BCUT2D eigenvalue weighted by molar-refractivity contribution is -0.126. The van der Waals surface area contributed by atoms with E-state index < -0.39 is 0 Å². The molecule has 4 rings (SSSR count). The molecule has 180 valence electrons. The molecule has 33 heavy (non-hydrogen) atoms. The van der Waals surface area contributed by atoms with Crippen molar-refractivity contribution in [3.05, 3.63) is 35.0 Å². The highest BCUT2D eigenvalue weighted by Crippen LogP contribution is 2.27. The molecule has 1 aromatic heterocycles. The normalized spacial score (nSPS) is 19.7. The summed E-state index contributed by atoms with van der Waals surface area (Å²) in [7, 11) is 2.16. The summed E-state index contributed by atoms with van der Waals surface area (Å²) in [6.07, 6.45) is 2.70. The molecule has 0 bridgehead atoms. The summed E-state index contributed by atoms with van der Waals surface area (Å²) in [4.78, 5) is 35.6. The summed E-state index contributed by atoms with van der Waals surface area (Å²) in [6, 6.07) is 7.45. The number of nitrogens with one attached hydrogen (secondary N) is 2. The number of aromatic nitrogens is 1. The molecule has 0 aliphatic carbocycles. The van der Waals surface area contributed by atoms with Gasteiger partial charge in [-0.25, -0.2) is 0 Å². The monoisotopic (exact) mass is 473 g/mol. The summed E-state index contributed by atoms with van der Waals surface area (Å²) in [6.45, 7) is 9.65. The van der Waals surface area contributed by atoms with Gasteiger partial charge in [-0.2, -0.15) is 0 Å². The Morgan fingerprint density at radius 1 is 1.12 bits per heavy atom. The Bertz CT molecular complexity index is 961. The van der Waals surface area contributed by atoms with Crippen molar-refractivity contribution >= 4 is 34.3 Å². The van der Waals surface area contributed by atoms with Crippen LogP contribution in [0.5, 0.6) is 0 Å². The zero-order valence-corrected chi connectivity index (χ0v) is 20.5. The Morgan fingerprint density at radius 3 is 2.58 bits per heavy atom. The fourth-order valence-electron chi connectivity index (χ4n) is 4.95. The zero-order valence-electron chi connectivity index (χ0n) is 19.8. The van der Waals surface area contributed by atoms with E-state index in [2.05, 4.69) is 27.1 Å². The lowest BCUT2D eigenvalue weighted by Gasteiger charge is -2.34. The van der Waals surface area contributed by atoms with E-state index in [0.717, 1.165) is 69.4 Å². The molecule has 2 aromatic rings. The summed E-state index contributed by atoms with van der Waals surface area (Å²) < 4.78 is 0. The Labute approximate surface area is 201 Å². The molecular weight excluding hydrogens is 438 g/mol. The zero-order chi connectivity index (χ0) is 23.4. The summed E-state index contributed by atoms with van der Waals surface area (Å²) >= 11 is 6.06. The number of likely N-dealkylation sites (tertiary alicyclic amines) is 1. The fraction of sp³-hybridized carbons (Fsp3) is 0.600. The number of carbonyl (C=O) groups excluding carboxylic acids is 2. The molecule has 2 N–H and O–H groups in total. The standard InChI is InChI=1S/C25H36ClN5O2/c1-18(24(32)27-8-3-9-30-14-12-29(2)13-15-30)19-6-10-31(11-7-19)25(33)23-17-20-16-21(26)4-5-22(20)28-23/h4-5,16-19,28H,3,6-15H2,1-2H3,(H,27,32)/t18-/m0/s1. The first-order valence-corrected chi connectivity index (χ1v) is 12.5. The third-order valence-corrected chi connectivity index (χ3v) is 7.54. The number of benzene rings is 1. The quantitative estimate of drug-likeness (QED) is 0.606. The van der Waals surface area contributed by atoms with Crippen LogP contribution in [-0.2, 0) is 4.79 Å². The molecule has 2 aliphatic heterocycles. The first-order chi connectivity index (χ1) is 15.9. The van der Waals surface area contributed by atoms with Crippen molar-refractivity contribution in [1.82, 2.24) is 25.0 Å². The predicted octanol–water partition coefficient (Wildman–Crippen LogP) is 3.06. The van der Waals surface area contributed by atoms with Gasteiger partial charge >= 0.3 is 0 Å². The second-order valence-electron chi connectivity index (χ2n) is 9.62. The minimum atomic E-state index is -0.0268. The summed E-state index contributed by atoms with van der Waals surface area (Å²) in [5, 5.41) is 4.74. The molecule has 0 spiro atoms. The molecule has 2 saturated heterocycles. The maximum atomic E-state index is 13.0. The van der Waals surface area contributed by atoms with Gasteiger partial charge in [-0.1, -0.05) is 18.5 Å². The molecule has 2 fully saturated rings. The Hall–Kier alpha value is -2.09. The van der Waals surface area contributed by atoms with Gasteiger partial charge in [0.25, 0.3) is 5.91 Å². The van der Waals surface area contributed by atoms with Gasteiger partial charge < -0.3 is 25.0 Å². The minimum absolute atomic E-state index is 0.0155. The van der Waals surface area contributed by atoms with Gasteiger partial charge in [0.2, 0.25) is 5.91 Å². The van der Waals surface area contributed by atoms with Crippen molar-refractivity contribution in [1.29, 1.82) is 0 Å². The summed E-state index contributed by atoms with van der Waals surface area (Å²) in [5.74, 6) is 0.446. The SMILES string of the molecule is C[C@H](C(=O)NCCCN1CCN(C)CC1)C1CCN(C(=O)c2cc3cc(Cl)ccc3[nH]2)CC1. The second kappa shape index (κ2) is 10.9. The van der Waals surface area contributed by atoms with Crippen LogP contribution >= 0.6 is 11.6 Å². The maximum absolute atomic E-state index is 13.0. The van der Waals surface area contributed by atoms with Crippen LogP contribution in [-0.4, -0.2) is 90.9 Å². The first kappa shape index (κ1) is 24.0. The molecular formula is C25H36ClN5O2. The molecule has 0 unspecified atom stereocenters. The van der Waals surface area contributed by atoms with E-state index in [0.29, 0.717) is 29.7 Å². The van der Waals surface area contributed by atoms with Gasteiger partial charge in [0.15, 0.2) is 0 Å². The highest BCUT2D eigenvalue weighted by atomic mass is 35.5. The van der Waals surface area contributed by atoms with E-state index in [-0.39, 0.29) is 17.7 Å². The van der Waals surface area contributed by atoms with E-state index in [1.165, 1.54) is 0 Å². The molecule has 8 heteroatoms. The van der Waals surface area contributed by atoms with Crippen molar-refractivity contribution in [2.24, 2.45) is 11.8 Å². The lowest BCUT2D eigenvalue weighted by atomic mass is 9.84. The van der Waals surface area contributed by atoms with Crippen LogP contribution in [0.1, 0.15) is 36.7 Å². The van der Waals surface area contributed by atoms with Gasteiger partial charge in [0.1, 0.15) is 5.69 Å². The number of aromatic amines is 1. The molecule has 0 radical (unpaired) electrons. The van der Waals surface area contributed by atoms with Gasteiger partial charge in [-0.05, 0) is 63.0 Å². The number of halogens is 1. The average molecular weight is 474 g/mol. The van der Waals surface area contributed by atoms with Gasteiger partial charge in [0, 0.05) is 67.7 Å². The second-order valence-corrected chi connectivity index (χ2v) is 10.1. The molecule has 1 atom stereocenters. The van der Waals surface area contributed by atoms with E-state index in [9.17, 15) is 9.59 Å². The van der Waals surface area contributed by atoms with Crippen LogP contribution in [0.15, 0.2) is 24.3 Å².